The average molecular weight is 455 g/mol. The maximum atomic E-state index is 12.8. The second-order valence-electron chi connectivity index (χ2n) is 6.90. The van der Waals surface area contributed by atoms with Crippen LogP contribution in [0.3, 0.4) is 0 Å². The predicted molar refractivity (Wildman–Crippen MR) is 118 cm³/mol. The van der Waals surface area contributed by atoms with Crippen LogP contribution < -0.4 is 10.1 Å². The Kier molecular flexibility index (Phi) is 7.50. The predicted octanol–water partition coefficient (Wildman–Crippen LogP) is 5.44. The Morgan fingerprint density at radius 2 is 1.67 bits per heavy atom. The first kappa shape index (κ1) is 23.6. The Bertz CT molecular complexity index is 1160. The minimum atomic E-state index is -4.54. The highest BCUT2D eigenvalue weighted by molar-refractivity contribution is 6.22. The summed E-state index contributed by atoms with van der Waals surface area (Å²) in [5.74, 6) is -0.926. The maximum absolute atomic E-state index is 12.8. The summed E-state index contributed by atoms with van der Waals surface area (Å²) < 4.78 is 48.9. The van der Waals surface area contributed by atoms with Crippen molar-refractivity contribution in [3.8, 4) is 5.75 Å². The van der Waals surface area contributed by atoms with Gasteiger partial charge in [-0.25, -0.2) is 4.79 Å². The third kappa shape index (κ3) is 6.70. The van der Waals surface area contributed by atoms with E-state index in [0.29, 0.717) is 16.9 Å². The van der Waals surface area contributed by atoms with E-state index in [1.807, 2.05) is 0 Å². The highest BCUT2D eigenvalue weighted by Gasteiger charge is 2.30. The molecule has 5 nitrogen and oxygen atoms in total. The quantitative estimate of drug-likeness (QED) is 0.293. The van der Waals surface area contributed by atoms with Crippen molar-refractivity contribution in [2.24, 2.45) is 0 Å². The number of rotatable bonds is 7. The Labute approximate surface area is 188 Å². The van der Waals surface area contributed by atoms with Crippen LogP contribution in [0.25, 0.3) is 11.6 Å². The fraction of sp³-hybridized carbons (Fsp3) is 0.120. The molecule has 0 aliphatic heterocycles. The van der Waals surface area contributed by atoms with Gasteiger partial charge in [0.15, 0.2) is 6.61 Å². The number of hydrogen-bond donors (Lipinski definition) is 1. The van der Waals surface area contributed by atoms with Gasteiger partial charge >= 0.3 is 12.1 Å². The molecule has 0 spiro atoms. The van der Waals surface area contributed by atoms with Crippen molar-refractivity contribution in [1.82, 2.24) is 0 Å². The molecule has 0 saturated heterocycles. The van der Waals surface area contributed by atoms with Crippen molar-refractivity contribution in [2.75, 3.05) is 19.0 Å². The fourth-order valence-corrected chi connectivity index (χ4v) is 2.95. The molecule has 0 aliphatic rings. The van der Waals surface area contributed by atoms with Crippen molar-refractivity contribution in [2.45, 2.75) is 6.18 Å². The Hall–Kier alpha value is -4.07. The summed E-state index contributed by atoms with van der Waals surface area (Å²) >= 11 is 0. The van der Waals surface area contributed by atoms with E-state index in [1.54, 1.807) is 60.7 Å². The van der Waals surface area contributed by atoms with Crippen LogP contribution in [0.5, 0.6) is 5.75 Å². The van der Waals surface area contributed by atoms with Crippen molar-refractivity contribution in [3.05, 3.63) is 95.6 Å². The molecule has 0 aromatic heterocycles. The van der Waals surface area contributed by atoms with Gasteiger partial charge in [0.1, 0.15) is 5.75 Å². The number of benzene rings is 3. The summed E-state index contributed by atoms with van der Waals surface area (Å²) in [4.78, 5) is 25.0. The third-order valence-electron chi connectivity index (χ3n) is 4.52. The Morgan fingerprint density at radius 1 is 0.939 bits per heavy atom. The van der Waals surface area contributed by atoms with Gasteiger partial charge in [-0.1, -0.05) is 48.5 Å². The molecule has 3 aromatic rings. The van der Waals surface area contributed by atoms with Gasteiger partial charge in [0.2, 0.25) is 0 Å². The first-order valence-electron chi connectivity index (χ1n) is 9.81. The molecule has 170 valence electrons. The van der Waals surface area contributed by atoms with Gasteiger partial charge in [-0.05, 0) is 47.5 Å². The van der Waals surface area contributed by atoms with E-state index < -0.39 is 30.2 Å². The van der Waals surface area contributed by atoms with Crippen LogP contribution in [0.15, 0.2) is 78.9 Å². The van der Waals surface area contributed by atoms with Crippen LogP contribution in [0.1, 0.15) is 16.7 Å². The molecule has 0 radical (unpaired) electrons. The van der Waals surface area contributed by atoms with Crippen LogP contribution in [0, 0.1) is 0 Å². The number of esters is 1. The zero-order valence-corrected chi connectivity index (χ0v) is 17.6. The number of alkyl halides is 3. The molecule has 0 unspecified atom stereocenters. The first-order valence-corrected chi connectivity index (χ1v) is 9.81. The van der Waals surface area contributed by atoms with E-state index in [1.165, 1.54) is 19.2 Å². The molecular formula is C25H20F3NO4. The summed E-state index contributed by atoms with van der Waals surface area (Å²) in [6, 6.07) is 20.0. The maximum Gasteiger partial charge on any atom is 0.416 e. The molecule has 0 atom stereocenters. The van der Waals surface area contributed by atoms with Crippen molar-refractivity contribution < 1.29 is 32.2 Å². The number of carbonyl (C=O) groups is 2. The number of carbonyl (C=O) groups excluding carboxylic acids is 2. The largest absolute Gasteiger partial charge is 0.497 e. The van der Waals surface area contributed by atoms with E-state index in [9.17, 15) is 22.8 Å². The number of nitrogens with one attached hydrogen (secondary N) is 1. The lowest BCUT2D eigenvalue weighted by Crippen LogP contribution is -2.21. The van der Waals surface area contributed by atoms with Gasteiger partial charge in [0, 0.05) is 5.69 Å². The number of ether oxygens (including phenoxy) is 2. The van der Waals surface area contributed by atoms with E-state index in [2.05, 4.69) is 5.32 Å². The zero-order chi connectivity index (χ0) is 23.8. The average Bonchev–Trinajstić information content (AvgIpc) is 2.81. The smallest absolute Gasteiger partial charge is 0.416 e. The Balaban J connectivity index is 1.74. The molecule has 0 saturated carbocycles. The van der Waals surface area contributed by atoms with Gasteiger partial charge < -0.3 is 14.8 Å². The van der Waals surface area contributed by atoms with Gasteiger partial charge in [-0.15, -0.1) is 0 Å². The van der Waals surface area contributed by atoms with Crippen LogP contribution in [-0.4, -0.2) is 25.6 Å². The molecule has 33 heavy (non-hydrogen) atoms. The van der Waals surface area contributed by atoms with E-state index >= 15 is 0 Å². The third-order valence-corrected chi connectivity index (χ3v) is 4.52. The summed E-state index contributed by atoms with van der Waals surface area (Å²) in [5, 5.41) is 2.30. The summed E-state index contributed by atoms with van der Waals surface area (Å²) in [6.07, 6.45) is -2.94. The standard InChI is InChI=1S/C25H20F3NO4/c1-32-21-12-5-7-17(13-21)14-22(18-8-3-2-4-9-18)24(31)33-16-23(30)29-20-11-6-10-19(15-20)25(26,27)28/h2-15H,16H2,1H3,(H,29,30). The minimum absolute atomic E-state index is 0.0546. The number of hydrogen-bond acceptors (Lipinski definition) is 4. The van der Waals surface area contributed by atoms with E-state index in [4.69, 9.17) is 9.47 Å². The van der Waals surface area contributed by atoms with Crippen molar-refractivity contribution in [1.29, 1.82) is 0 Å². The first-order chi connectivity index (χ1) is 15.8. The zero-order valence-electron chi connectivity index (χ0n) is 17.6. The molecule has 3 aromatic carbocycles. The van der Waals surface area contributed by atoms with Crippen LogP contribution in [0.4, 0.5) is 18.9 Å². The summed E-state index contributed by atoms with van der Waals surface area (Å²) in [5.41, 5.74) is 0.504. The van der Waals surface area contributed by atoms with Crippen LogP contribution in [0.2, 0.25) is 0 Å². The highest BCUT2D eigenvalue weighted by atomic mass is 19.4. The van der Waals surface area contributed by atoms with Crippen LogP contribution >= 0.6 is 0 Å². The molecular weight excluding hydrogens is 435 g/mol. The molecule has 1 amide bonds. The monoisotopic (exact) mass is 455 g/mol. The normalized spacial score (nSPS) is 11.6. The number of halogens is 3. The van der Waals surface area contributed by atoms with Gasteiger partial charge in [-0.3, -0.25) is 4.79 Å². The lowest BCUT2D eigenvalue weighted by Gasteiger charge is -2.11. The molecule has 1 N–H and O–H groups in total. The molecule has 8 heteroatoms. The molecule has 0 fully saturated rings. The van der Waals surface area contributed by atoms with Gasteiger partial charge in [0.05, 0.1) is 18.2 Å². The number of methoxy groups -OCH3 is 1. The van der Waals surface area contributed by atoms with Crippen LogP contribution in [-0.2, 0) is 20.5 Å². The topological polar surface area (TPSA) is 64.6 Å². The number of amides is 1. The second kappa shape index (κ2) is 10.5. The van der Waals surface area contributed by atoms with E-state index in [-0.39, 0.29) is 11.3 Å². The lowest BCUT2D eigenvalue weighted by molar-refractivity contribution is -0.141. The van der Waals surface area contributed by atoms with Crippen molar-refractivity contribution in [3.63, 3.8) is 0 Å². The molecule has 0 bridgehead atoms. The fourth-order valence-electron chi connectivity index (χ4n) is 2.95. The highest BCUT2D eigenvalue weighted by Crippen LogP contribution is 2.30. The molecule has 0 aliphatic carbocycles. The number of anilines is 1. The van der Waals surface area contributed by atoms with Gasteiger partial charge in [-0.2, -0.15) is 13.2 Å². The SMILES string of the molecule is COc1cccc(C=C(C(=O)OCC(=O)Nc2cccc(C(F)(F)F)c2)c2ccccc2)c1. The van der Waals surface area contributed by atoms with Gasteiger partial charge in [0.25, 0.3) is 5.91 Å². The lowest BCUT2D eigenvalue weighted by atomic mass is 10.0. The summed E-state index contributed by atoms with van der Waals surface area (Å²) in [7, 11) is 1.53. The van der Waals surface area contributed by atoms with Crippen molar-refractivity contribution >= 4 is 29.2 Å². The molecule has 0 heterocycles. The molecule has 3 rings (SSSR count). The minimum Gasteiger partial charge on any atom is -0.497 e. The summed E-state index contributed by atoms with van der Waals surface area (Å²) in [6.45, 7) is -0.669. The Morgan fingerprint density at radius 3 is 2.36 bits per heavy atom. The van der Waals surface area contributed by atoms with E-state index in [0.717, 1.165) is 12.1 Å². The second-order valence-corrected chi connectivity index (χ2v) is 6.90.